The van der Waals surface area contributed by atoms with Gasteiger partial charge in [-0.1, -0.05) is 26.2 Å². The van der Waals surface area contributed by atoms with Crippen molar-refractivity contribution in [3.63, 3.8) is 0 Å². The predicted molar refractivity (Wildman–Crippen MR) is 110 cm³/mol. The Morgan fingerprint density at radius 2 is 1.89 bits per heavy atom. The molecule has 1 amide bonds. The topological polar surface area (TPSA) is 82.6 Å². The van der Waals surface area contributed by atoms with E-state index in [0.717, 1.165) is 44.6 Å². The van der Waals surface area contributed by atoms with Crippen molar-refractivity contribution in [2.45, 2.75) is 63.3 Å². The number of rotatable bonds is 7. The lowest BCUT2D eigenvalue weighted by molar-refractivity contribution is -0.135. The van der Waals surface area contributed by atoms with Crippen LogP contribution in [0.5, 0.6) is 0 Å². The van der Waals surface area contributed by atoms with Crippen molar-refractivity contribution in [2.75, 3.05) is 31.1 Å². The van der Waals surface area contributed by atoms with Crippen LogP contribution in [-0.4, -0.2) is 56.4 Å². The van der Waals surface area contributed by atoms with E-state index in [1.807, 2.05) is 18.7 Å². The van der Waals surface area contributed by atoms with Crippen molar-refractivity contribution < 1.29 is 13.2 Å². The van der Waals surface area contributed by atoms with Gasteiger partial charge in [0.25, 0.3) is 0 Å². The van der Waals surface area contributed by atoms with E-state index in [9.17, 15) is 13.2 Å². The number of amides is 1. The molecule has 1 unspecified atom stereocenters. The van der Waals surface area contributed by atoms with Crippen molar-refractivity contribution >= 4 is 21.7 Å². The molecule has 7 nitrogen and oxygen atoms in total. The number of anilines is 1. The molecule has 2 aliphatic rings. The highest BCUT2D eigenvalue weighted by Crippen LogP contribution is 2.27. The van der Waals surface area contributed by atoms with E-state index >= 15 is 0 Å². The van der Waals surface area contributed by atoms with E-state index in [4.69, 9.17) is 0 Å². The van der Waals surface area contributed by atoms with Gasteiger partial charge < -0.3 is 9.80 Å². The second-order valence-electron chi connectivity index (χ2n) is 7.96. The fraction of sp³-hybridized carbons (Fsp3) is 0.700. The van der Waals surface area contributed by atoms with Crippen molar-refractivity contribution in [1.29, 1.82) is 0 Å². The number of pyridine rings is 1. The fourth-order valence-corrected chi connectivity index (χ4v) is 5.35. The Morgan fingerprint density at radius 3 is 2.46 bits per heavy atom. The minimum absolute atomic E-state index is 0.0971. The van der Waals surface area contributed by atoms with Gasteiger partial charge in [-0.25, -0.2) is 18.1 Å². The number of hydrogen-bond donors (Lipinski definition) is 1. The second-order valence-corrected chi connectivity index (χ2v) is 9.67. The van der Waals surface area contributed by atoms with Crippen molar-refractivity contribution in [1.82, 2.24) is 14.6 Å². The Bertz CT molecular complexity index is 752. The molecule has 8 heteroatoms. The molecule has 1 atom stereocenters. The molecule has 1 aliphatic heterocycles. The first-order chi connectivity index (χ1) is 13.4. The molecule has 28 heavy (non-hydrogen) atoms. The third kappa shape index (κ3) is 5.03. The lowest BCUT2D eigenvalue weighted by Crippen LogP contribution is -2.50. The number of aromatic nitrogens is 1. The lowest BCUT2D eigenvalue weighted by Gasteiger charge is -2.36. The van der Waals surface area contributed by atoms with Crippen LogP contribution < -0.4 is 9.62 Å². The molecule has 0 aromatic carbocycles. The largest absolute Gasteiger partial charge is 0.353 e. The van der Waals surface area contributed by atoms with Gasteiger partial charge in [0, 0.05) is 44.3 Å². The molecule has 1 saturated carbocycles. The van der Waals surface area contributed by atoms with E-state index in [2.05, 4.69) is 14.6 Å². The van der Waals surface area contributed by atoms with Crippen LogP contribution in [0.15, 0.2) is 23.2 Å². The van der Waals surface area contributed by atoms with Gasteiger partial charge in [0.05, 0.1) is 0 Å². The first kappa shape index (κ1) is 21.0. The Hall–Kier alpha value is -1.67. The molecular formula is C20H32N4O3S. The van der Waals surface area contributed by atoms with E-state index in [1.165, 1.54) is 19.0 Å². The molecule has 0 spiro atoms. The van der Waals surface area contributed by atoms with Crippen LogP contribution in [0.3, 0.4) is 0 Å². The zero-order valence-corrected chi connectivity index (χ0v) is 17.7. The maximum Gasteiger partial charge on any atom is 0.242 e. The van der Waals surface area contributed by atoms with Crippen molar-refractivity contribution in [3.8, 4) is 0 Å². The van der Waals surface area contributed by atoms with Crippen LogP contribution in [0.1, 0.15) is 52.4 Å². The highest BCUT2D eigenvalue weighted by atomic mass is 32.2. The summed E-state index contributed by atoms with van der Waals surface area (Å²) in [5.74, 6) is 1.28. The summed E-state index contributed by atoms with van der Waals surface area (Å²) in [6.45, 7) is 6.75. The normalized spacial score (nSPS) is 19.8. The van der Waals surface area contributed by atoms with Crippen LogP contribution >= 0.6 is 0 Å². The third-order valence-electron chi connectivity index (χ3n) is 5.73. The molecule has 2 fully saturated rings. The Balaban J connectivity index is 1.56. The second kappa shape index (κ2) is 9.22. The maximum absolute atomic E-state index is 12.6. The monoisotopic (exact) mass is 408 g/mol. The molecule has 1 aliphatic carbocycles. The van der Waals surface area contributed by atoms with Gasteiger partial charge in [0.2, 0.25) is 15.9 Å². The minimum atomic E-state index is -3.54. The number of carbonyl (C=O) groups excluding carboxylic acids is 1. The molecule has 1 saturated heterocycles. The molecule has 1 N–H and O–H groups in total. The van der Waals surface area contributed by atoms with Crippen molar-refractivity contribution in [2.24, 2.45) is 5.92 Å². The van der Waals surface area contributed by atoms with Gasteiger partial charge in [-0.15, -0.1) is 0 Å². The first-order valence-corrected chi connectivity index (χ1v) is 11.9. The molecule has 0 bridgehead atoms. The van der Waals surface area contributed by atoms with Crippen LogP contribution in [0, 0.1) is 5.92 Å². The average Bonchev–Trinajstić information content (AvgIpc) is 3.22. The van der Waals surface area contributed by atoms with Crippen LogP contribution in [0.2, 0.25) is 0 Å². The van der Waals surface area contributed by atoms with Gasteiger partial charge in [0.15, 0.2) is 0 Å². The number of hydrogen-bond acceptors (Lipinski definition) is 5. The van der Waals surface area contributed by atoms with E-state index < -0.39 is 10.0 Å². The number of piperazine rings is 1. The Morgan fingerprint density at radius 1 is 1.21 bits per heavy atom. The number of nitrogens with zero attached hydrogens (tertiary/aromatic N) is 3. The van der Waals surface area contributed by atoms with E-state index in [0.29, 0.717) is 19.0 Å². The van der Waals surface area contributed by atoms with Gasteiger partial charge in [0.1, 0.15) is 10.7 Å². The fourth-order valence-electron chi connectivity index (χ4n) is 4.13. The van der Waals surface area contributed by atoms with E-state index in [1.54, 1.807) is 12.1 Å². The predicted octanol–water partition coefficient (Wildman–Crippen LogP) is 2.39. The van der Waals surface area contributed by atoms with Crippen LogP contribution in [-0.2, 0) is 14.8 Å². The minimum Gasteiger partial charge on any atom is -0.353 e. The van der Waals surface area contributed by atoms with Gasteiger partial charge in [-0.2, -0.15) is 0 Å². The molecule has 0 radical (unpaired) electrons. The highest BCUT2D eigenvalue weighted by molar-refractivity contribution is 7.89. The summed E-state index contributed by atoms with van der Waals surface area (Å²) < 4.78 is 27.6. The summed E-state index contributed by atoms with van der Waals surface area (Å²) in [5, 5.41) is 0. The van der Waals surface area contributed by atoms with Gasteiger partial charge in [-0.05, 0) is 38.3 Å². The summed E-state index contributed by atoms with van der Waals surface area (Å²) >= 11 is 0. The molecule has 1 aromatic rings. The van der Waals surface area contributed by atoms with Crippen LogP contribution in [0.4, 0.5) is 5.82 Å². The molecule has 1 aromatic heterocycles. The maximum atomic E-state index is 12.6. The summed E-state index contributed by atoms with van der Waals surface area (Å²) in [5.41, 5.74) is 0. The lowest BCUT2D eigenvalue weighted by atomic mass is 10.1. The number of carbonyl (C=O) groups is 1. The van der Waals surface area contributed by atoms with Crippen LogP contribution in [0.25, 0.3) is 0 Å². The Kier molecular flexibility index (Phi) is 6.93. The number of nitrogens with one attached hydrogen (secondary N) is 1. The standard InChI is InChI=1S/C20H32N4O3S/c1-3-6-16(2)22-28(26,27)18-9-10-19(21-15-18)23-11-13-24(14-12-23)20(25)17-7-4-5-8-17/h9-10,15-17,22H,3-8,11-14H2,1-2H3. The highest BCUT2D eigenvalue weighted by Gasteiger charge is 2.29. The summed E-state index contributed by atoms with van der Waals surface area (Å²) in [4.78, 5) is 21.2. The van der Waals surface area contributed by atoms with E-state index in [-0.39, 0.29) is 16.9 Å². The zero-order valence-electron chi connectivity index (χ0n) is 16.9. The van der Waals surface area contributed by atoms with Gasteiger partial charge in [-0.3, -0.25) is 4.79 Å². The number of sulfonamides is 1. The third-order valence-corrected chi connectivity index (χ3v) is 7.30. The van der Waals surface area contributed by atoms with Crippen molar-refractivity contribution in [3.05, 3.63) is 18.3 Å². The quantitative estimate of drug-likeness (QED) is 0.749. The summed E-state index contributed by atoms with van der Waals surface area (Å²) in [6, 6.07) is 3.27. The molecule has 3 rings (SSSR count). The average molecular weight is 409 g/mol. The zero-order chi connectivity index (χ0) is 20.1. The summed E-state index contributed by atoms with van der Waals surface area (Å²) in [7, 11) is -3.54. The SMILES string of the molecule is CCCC(C)NS(=O)(=O)c1ccc(N2CCN(C(=O)C3CCCC3)CC2)nc1. The molecule has 2 heterocycles. The Labute approximate surface area is 168 Å². The molecular weight excluding hydrogens is 376 g/mol. The van der Waals surface area contributed by atoms with Gasteiger partial charge >= 0.3 is 0 Å². The molecule has 156 valence electrons. The summed E-state index contributed by atoms with van der Waals surface area (Å²) in [6.07, 6.45) is 7.54. The first-order valence-electron chi connectivity index (χ1n) is 10.4. The smallest absolute Gasteiger partial charge is 0.242 e.